The summed E-state index contributed by atoms with van der Waals surface area (Å²) in [5.41, 5.74) is 1.90. The number of tetrazole rings is 1. The van der Waals surface area contributed by atoms with Crippen LogP contribution in [0, 0.1) is 0 Å². The lowest BCUT2D eigenvalue weighted by Crippen LogP contribution is -2.33. The number of H-pyrrole nitrogens is 1. The van der Waals surface area contributed by atoms with Crippen LogP contribution in [0.1, 0.15) is 24.5 Å². The molecular weight excluding hydrogens is 256 g/mol. The summed E-state index contributed by atoms with van der Waals surface area (Å²) >= 11 is 0. The SMILES string of the molecule is c1cc(C2CCN(c3ccc4nnnn4n3)CC2)[nH]n1. The maximum atomic E-state index is 4.43. The molecule has 1 saturated heterocycles. The fraction of sp³-hybridized carbons (Fsp3) is 0.417. The van der Waals surface area contributed by atoms with Crippen molar-refractivity contribution >= 4 is 11.5 Å². The fourth-order valence-corrected chi connectivity index (χ4v) is 2.72. The molecule has 1 aliphatic rings. The van der Waals surface area contributed by atoms with E-state index in [1.807, 2.05) is 18.3 Å². The van der Waals surface area contributed by atoms with E-state index < -0.39 is 0 Å². The maximum absolute atomic E-state index is 4.43. The monoisotopic (exact) mass is 270 g/mol. The van der Waals surface area contributed by atoms with Gasteiger partial charge in [0.1, 0.15) is 0 Å². The Labute approximate surface area is 114 Å². The molecule has 1 N–H and O–H groups in total. The van der Waals surface area contributed by atoms with E-state index in [9.17, 15) is 0 Å². The molecule has 0 spiro atoms. The summed E-state index contributed by atoms with van der Waals surface area (Å²) in [6.07, 6.45) is 4.00. The first kappa shape index (κ1) is 11.3. The predicted molar refractivity (Wildman–Crippen MR) is 71.4 cm³/mol. The third-order valence-corrected chi connectivity index (χ3v) is 3.84. The van der Waals surface area contributed by atoms with Gasteiger partial charge in [-0.25, -0.2) is 0 Å². The Morgan fingerprint density at radius 1 is 1.15 bits per heavy atom. The van der Waals surface area contributed by atoms with Gasteiger partial charge in [0.15, 0.2) is 11.5 Å². The molecule has 4 heterocycles. The standard InChI is InChI=1S/C12H14N8/c1-2-12(16-20-11(1)15-17-18-20)19-7-4-9(5-8-19)10-3-6-13-14-10/h1-3,6,9H,4-5,7-8H2,(H,13,14). The smallest absolute Gasteiger partial charge is 0.200 e. The Kier molecular flexibility index (Phi) is 2.58. The normalized spacial score (nSPS) is 16.9. The number of aromatic nitrogens is 7. The lowest BCUT2D eigenvalue weighted by Gasteiger charge is -2.32. The zero-order valence-corrected chi connectivity index (χ0v) is 10.8. The number of aromatic amines is 1. The minimum Gasteiger partial charge on any atom is -0.355 e. The number of fused-ring (bicyclic) bond motifs is 1. The number of nitrogens with one attached hydrogen (secondary N) is 1. The lowest BCUT2D eigenvalue weighted by atomic mass is 9.94. The Morgan fingerprint density at radius 2 is 2.05 bits per heavy atom. The van der Waals surface area contributed by atoms with Crippen LogP contribution in [0.4, 0.5) is 5.82 Å². The average Bonchev–Trinajstić information content (AvgIpc) is 3.18. The first-order chi connectivity index (χ1) is 9.90. The first-order valence-corrected chi connectivity index (χ1v) is 6.70. The van der Waals surface area contributed by atoms with Crippen LogP contribution in [-0.4, -0.2) is 48.5 Å². The summed E-state index contributed by atoms with van der Waals surface area (Å²) in [5, 5.41) is 22.8. The van der Waals surface area contributed by atoms with Gasteiger partial charge < -0.3 is 4.90 Å². The Balaban J connectivity index is 1.50. The molecule has 0 amide bonds. The lowest BCUT2D eigenvalue weighted by molar-refractivity contribution is 0.490. The van der Waals surface area contributed by atoms with E-state index in [-0.39, 0.29) is 0 Å². The molecule has 8 nitrogen and oxygen atoms in total. The number of hydrogen-bond acceptors (Lipinski definition) is 6. The third-order valence-electron chi connectivity index (χ3n) is 3.84. The van der Waals surface area contributed by atoms with Crippen molar-refractivity contribution in [1.82, 2.24) is 35.5 Å². The quantitative estimate of drug-likeness (QED) is 0.734. The zero-order valence-electron chi connectivity index (χ0n) is 10.8. The highest BCUT2D eigenvalue weighted by Gasteiger charge is 2.22. The second kappa shape index (κ2) is 4.55. The molecule has 0 unspecified atom stereocenters. The number of anilines is 1. The summed E-state index contributed by atoms with van der Waals surface area (Å²) in [7, 11) is 0. The van der Waals surface area contributed by atoms with Gasteiger partial charge >= 0.3 is 0 Å². The highest BCUT2D eigenvalue weighted by Crippen LogP contribution is 2.28. The van der Waals surface area contributed by atoms with Gasteiger partial charge in [-0.15, -0.1) is 14.8 Å². The van der Waals surface area contributed by atoms with Gasteiger partial charge in [-0.1, -0.05) is 0 Å². The molecule has 8 heteroatoms. The van der Waals surface area contributed by atoms with Crippen molar-refractivity contribution in [3.05, 3.63) is 30.1 Å². The maximum Gasteiger partial charge on any atom is 0.200 e. The molecule has 0 atom stereocenters. The molecule has 3 aromatic heterocycles. The van der Waals surface area contributed by atoms with Crippen LogP contribution in [0.5, 0.6) is 0 Å². The van der Waals surface area contributed by atoms with Gasteiger partial charge in [-0.2, -0.15) is 5.10 Å². The molecule has 20 heavy (non-hydrogen) atoms. The van der Waals surface area contributed by atoms with E-state index in [1.165, 1.54) is 10.3 Å². The van der Waals surface area contributed by atoms with Crippen LogP contribution in [-0.2, 0) is 0 Å². The fourth-order valence-electron chi connectivity index (χ4n) is 2.72. The van der Waals surface area contributed by atoms with Crippen LogP contribution in [0.3, 0.4) is 0 Å². The van der Waals surface area contributed by atoms with Crippen LogP contribution in [0.25, 0.3) is 5.65 Å². The number of nitrogens with zero attached hydrogens (tertiary/aromatic N) is 7. The van der Waals surface area contributed by atoms with E-state index in [0.717, 1.165) is 31.7 Å². The van der Waals surface area contributed by atoms with E-state index in [4.69, 9.17) is 0 Å². The van der Waals surface area contributed by atoms with Crippen molar-refractivity contribution in [2.75, 3.05) is 18.0 Å². The van der Waals surface area contributed by atoms with Gasteiger partial charge in [-0.05, 0) is 41.5 Å². The Morgan fingerprint density at radius 3 is 2.85 bits per heavy atom. The van der Waals surface area contributed by atoms with Crippen molar-refractivity contribution in [3.8, 4) is 0 Å². The highest BCUT2D eigenvalue weighted by molar-refractivity contribution is 5.44. The molecule has 102 valence electrons. The van der Waals surface area contributed by atoms with Gasteiger partial charge in [0, 0.05) is 30.9 Å². The second-order valence-electron chi connectivity index (χ2n) is 4.99. The number of piperidine rings is 1. The molecule has 0 bridgehead atoms. The van der Waals surface area contributed by atoms with Gasteiger partial charge in [0.25, 0.3) is 0 Å². The third kappa shape index (κ3) is 1.89. The van der Waals surface area contributed by atoms with Gasteiger partial charge in [-0.3, -0.25) is 5.10 Å². The van der Waals surface area contributed by atoms with Crippen LogP contribution >= 0.6 is 0 Å². The molecule has 1 fully saturated rings. The van der Waals surface area contributed by atoms with E-state index in [2.05, 4.69) is 41.8 Å². The van der Waals surface area contributed by atoms with Gasteiger partial charge in [0.2, 0.25) is 0 Å². The second-order valence-corrected chi connectivity index (χ2v) is 4.99. The molecule has 4 rings (SSSR count). The molecule has 0 aromatic carbocycles. The molecule has 0 aliphatic carbocycles. The van der Waals surface area contributed by atoms with Crippen LogP contribution in [0.15, 0.2) is 24.4 Å². The Hall–Kier alpha value is -2.51. The largest absolute Gasteiger partial charge is 0.355 e. The van der Waals surface area contributed by atoms with Crippen LogP contribution in [0.2, 0.25) is 0 Å². The molecule has 0 saturated carbocycles. The van der Waals surface area contributed by atoms with E-state index in [0.29, 0.717) is 11.6 Å². The first-order valence-electron chi connectivity index (χ1n) is 6.70. The summed E-state index contributed by atoms with van der Waals surface area (Å²) in [5.74, 6) is 1.48. The summed E-state index contributed by atoms with van der Waals surface area (Å²) in [6.45, 7) is 1.95. The highest BCUT2D eigenvalue weighted by atomic mass is 15.6. The summed E-state index contributed by atoms with van der Waals surface area (Å²) in [6, 6.07) is 5.93. The average molecular weight is 270 g/mol. The van der Waals surface area contributed by atoms with E-state index in [1.54, 1.807) is 0 Å². The van der Waals surface area contributed by atoms with Crippen molar-refractivity contribution < 1.29 is 0 Å². The van der Waals surface area contributed by atoms with Crippen molar-refractivity contribution in [2.45, 2.75) is 18.8 Å². The number of hydrogen-bond donors (Lipinski definition) is 1. The summed E-state index contributed by atoms with van der Waals surface area (Å²) in [4.78, 5) is 2.27. The molecule has 1 aliphatic heterocycles. The van der Waals surface area contributed by atoms with Crippen LogP contribution < -0.4 is 4.90 Å². The minimum atomic E-state index is 0.561. The summed E-state index contributed by atoms with van der Waals surface area (Å²) < 4.78 is 1.47. The van der Waals surface area contributed by atoms with Gasteiger partial charge in [0.05, 0.1) is 0 Å². The zero-order chi connectivity index (χ0) is 13.4. The van der Waals surface area contributed by atoms with Crippen molar-refractivity contribution in [3.63, 3.8) is 0 Å². The molecule has 0 radical (unpaired) electrons. The van der Waals surface area contributed by atoms with Crippen molar-refractivity contribution in [1.29, 1.82) is 0 Å². The van der Waals surface area contributed by atoms with Crippen molar-refractivity contribution in [2.24, 2.45) is 0 Å². The van der Waals surface area contributed by atoms with E-state index >= 15 is 0 Å². The minimum absolute atomic E-state index is 0.561. The number of rotatable bonds is 2. The topological polar surface area (TPSA) is 87.9 Å². The predicted octanol–water partition coefficient (Wildman–Crippen LogP) is 0.626. The molecule has 3 aromatic rings. The molecular formula is C12H14N8. The Bertz CT molecular complexity index is 695.